The van der Waals surface area contributed by atoms with Gasteiger partial charge in [0.1, 0.15) is 5.75 Å². The highest BCUT2D eigenvalue weighted by Gasteiger charge is 2.05. The molecule has 0 bridgehead atoms. The van der Waals surface area contributed by atoms with Gasteiger partial charge in [-0.1, -0.05) is 18.2 Å². The molecule has 1 aromatic heterocycles. The van der Waals surface area contributed by atoms with Crippen LogP contribution in [-0.2, 0) is 6.42 Å². The molecule has 0 saturated carbocycles. The number of methoxy groups -OCH3 is 1. The zero-order chi connectivity index (χ0) is 16.1. The summed E-state index contributed by atoms with van der Waals surface area (Å²) >= 11 is 0. The average Bonchev–Trinajstić information content (AvgIpc) is 3.03. The number of fused-ring (bicyclic) bond motifs is 1. The Labute approximate surface area is 133 Å². The lowest BCUT2D eigenvalue weighted by atomic mass is 10.1. The molecular weight excluding hydrogens is 292 g/mol. The Morgan fingerprint density at radius 1 is 1.26 bits per heavy atom. The highest BCUT2D eigenvalue weighted by atomic mass is 16.5. The van der Waals surface area contributed by atoms with Gasteiger partial charge in [0.05, 0.1) is 24.5 Å². The number of rotatable bonds is 5. The molecule has 2 aromatic carbocycles. The third-order valence-corrected chi connectivity index (χ3v) is 3.55. The molecule has 0 radical (unpaired) electrons. The number of carbonyl (C=O) groups is 1. The average molecular weight is 310 g/mol. The third-order valence-electron chi connectivity index (χ3n) is 3.55. The SMILES string of the molecule is COc1ccccc1CCNC(=O)Nc1ccc2nc[nH]c2c1. The first-order chi connectivity index (χ1) is 11.3. The molecule has 3 aromatic rings. The van der Waals surface area contributed by atoms with Crippen molar-refractivity contribution in [3.63, 3.8) is 0 Å². The molecule has 3 rings (SSSR count). The smallest absolute Gasteiger partial charge is 0.319 e. The van der Waals surface area contributed by atoms with Gasteiger partial charge in [0.15, 0.2) is 0 Å². The van der Waals surface area contributed by atoms with E-state index in [1.54, 1.807) is 13.4 Å². The minimum Gasteiger partial charge on any atom is -0.496 e. The summed E-state index contributed by atoms with van der Waals surface area (Å²) in [5, 5.41) is 5.65. The molecule has 0 saturated heterocycles. The number of carbonyl (C=O) groups excluding carboxylic acids is 1. The second-order valence-corrected chi connectivity index (χ2v) is 5.08. The lowest BCUT2D eigenvalue weighted by Crippen LogP contribution is -2.30. The van der Waals surface area contributed by atoms with E-state index in [2.05, 4.69) is 20.6 Å². The summed E-state index contributed by atoms with van der Waals surface area (Å²) in [5.74, 6) is 0.833. The Balaban J connectivity index is 1.53. The summed E-state index contributed by atoms with van der Waals surface area (Å²) in [5.41, 5.74) is 3.54. The van der Waals surface area contributed by atoms with Gasteiger partial charge in [0.2, 0.25) is 0 Å². The second kappa shape index (κ2) is 6.83. The maximum atomic E-state index is 12.0. The fraction of sp³-hybridized carbons (Fsp3) is 0.176. The van der Waals surface area contributed by atoms with Crippen molar-refractivity contribution in [1.82, 2.24) is 15.3 Å². The van der Waals surface area contributed by atoms with E-state index in [1.165, 1.54) is 0 Å². The maximum absolute atomic E-state index is 12.0. The fourth-order valence-corrected chi connectivity index (χ4v) is 2.41. The Kier molecular flexibility index (Phi) is 4.42. The van der Waals surface area contributed by atoms with Crippen LogP contribution < -0.4 is 15.4 Å². The Hall–Kier alpha value is -3.02. The predicted octanol–water partition coefficient (Wildman–Crippen LogP) is 2.94. The van der Waals surface area contributed by atoms with Crippen LogP contribution in [0.4, 0.5) is 10.5 Å². The van der Waals surface area contributed by atoms with Gasteiger partial charge in [-0.15, -0.1) is 0 Å². The zero-order valence-corrected chi connectivity index (χ0v) is 12.8. The molecule has 1 heterocycles. The number of urea groups is 1. The summed E-state index contributed by atoms with van der Waals surface area (Å²) in [6, 6.07) is 13.1. The molecule has 0 aliphatic carbocycles. The van der Waals surface area contributed by atoms with Crippen molar-refractivity contribution in [2.24, 2.45) is 0 Å². The topological polar surface area (TPSA) is 79.0 Å². The molecule has 6 nitrogen and oxygen atoms in total. The Bertz CT molecular complexity index is 813. The van der Waals surface area contributed by atoms with Crippen molar-refractivity contribution in [3.8, 4) is 5.75 Å². The van der Waals surface area contributed by atoms with Crippen molar-refractivity contribution in [2.45, 2.75) is 6.42 Å². The molecular formula is C17H18N4O2. The van der Waals surface area contributed by atoms with Crippen molar-refractivity contribution < 1.29 is 9.53 Å². The molecule has 2 amide bonds. The summed E-state index contributed by atoms with van der Waals surface area (Å²) in [4.78, 5) is 19.1. The third kappa shape index (κ3) is 3.60. The number of H-pyrrole nitrogens is 1. The van der Waals surface area contributed by atoms with E-state index in [4.69, 9.17) is 4.74 Å². The van der Waals surface area contributed by atoms with Crippen molar-refractivity contribution in [3.05, 3.63) is 54.4 Å². The van der Waals surface area contributed by atoms with E-state index in [0.717, 1.165) is 28.0 Å². The first kappa shape index (κ1) is 14.9. The molecule has 118 valence electrons. The van der Waals surface area contributed by atoms with E-state index >= 15 is 0 Å². The van der Waals surface area contributed by atoms with E-state index in [-0.39, 0.29) is 6.03 Å². The minimum absolute atomic E-state index is 0.237. The standard InChI is InChI=1S/C17H18N4O2/c1-23-16-5-3-2-4-12(16)8-9-18-17(22)21-13-6-7-14-15(10-13)20-11-19-14/h2-7,10-11H,8-9H2,1H3,(H,19,20)(H2,18,21,22). The lowest BCUT2D eigenvalue weighted by Gasteiger charge is -2.10. The molecule has 23 heavy (non-hydrogen) atoms. The predicted molar refractivity (Wildman–Crippen MR) is 89.8 cm³/mol. The molecule has 0 aliphatic heterocycles. The van der Waals surface area contributed by atoms with Crippen LogP contribution >= 0.6 is 0 Å². The van der Waals surface area contributed by atoms with E-state index in [0.29, 0.717) is 13.0 Å². The summed E-state index contributed by atoms with van der Waals surface area (Å²) < 4.78 is 5.29. The molecule has 6 heteroatoms. The largest absolute Gasteiger partial charge is 0.496 e. The first-order valence-electron chi connectivity index (χ1n) is 7.36. The number of hydrogen-bond donors (Lipinski definition) is 3. The van der Waals surface area contributed by atoms with Gasteiger partial charge >= 0.3 is 6.03 Å². The summed E-state index contributed by atoms with van der Waals surface area (Å²) in [6.45, 7) is 0.526. The zero-order valence-electron chi connectivity index (χ0n) is 12.8. The number of amides is 2. The normalized spacial score (nSPS) is 10.5. The van der Waals surface area contributed by atoms with Crippen LogP contribution in [0.3, 0.4) is 0 Å². The quantitative estimate of drug-likeness (QED) is 0.678. The van der Waals surface area contributed by atoms with Crippen LogP contribution in [0, 0.1) is 0 Å². The number of imidazole rings is 1. The monoisotopic (exact) mass is 310 g/mol. The number of nitrogens with one attached hydrogen (secondary N) is 3. The summed E-state index contributed by atoms with van der Waals surface area (Å²) in [6.07, 6.45) is 2.33. The van der Waals surface area contributed by atoms with Gasteiger partial charge in [-0.2, -0.15) is 0 Å². The second-order valence-electron chi connectivity index (χ2n) is 5.08. The number of para-hydroxylation sites is 1. The van der Waals surface area contributed by atoms with Crippen molar-refractivity contribution in [1.29, 1.82) is 0 Å². The van der Waals surface area contributed by atoms with Crippen LogP contribution in [0.15, 0.2) is 48.8 Å². The van der Waals surface area contributed by atoms with Crippen LogP contribution in [0.1, 0.15) is 5.56 Å². The molecule has 0 aliphatic rings. The van der Waals surface area contributed by atoms with Gasteiger partial charge < -0.3 is 20.4 Å². The molecule has 0 fully saturated rings. The molecule has 0 unspecified atom stereocenters. The number of ether oxygens (including phenoxy) is 1. The highest BCUT2D eigenvalue weighted by molar-refractivity contribution is 5.91. The molecule has 3 N–H and O–H groups in total. The fourth-order valence-electron chi connectivity index (χ4n) is 2.41. The van der Waals surface area contributed by atoms with Gasteiger partial charge in [-0.25, -0.2) is 9.78 Å². The van der Waals surface area contributed by atoms with Crippen molar-refractivity contribution in [2.75, 3.05) is 19.0 Å². The van der Waals surface area contributed by atoms with Gasteiger partial charge in [0, 0.05) is 12.2 Å². The van der Waals surface area contributed by atoms with Crippen LogP contribution in [-0.4, -0.2) is 29.7 Å². The Morgan fingerprint density at radius 3 is 3.00 bits per heavy atom. The van der Waals surface area contributed by atoms with E-state index in [1.807, 2.05) is 42.5 Å². The van der Waals surface area contributed by atoms with Crippen LogP contribution in [0.2, 0.25) is 0 Å². The molecule has 0 spiro atoms. The van der Waals surface area contributed by atoms with Crippen molar-refractivity contribution >= 4 is 22.8 Å². The Morgan fingerprint density at radius 2 is 2.13 bits per heavy atom. The number of aromatic amines is 1. The molecule has 0 atom stereocenters. The number of aromatic nitrogens is 2. The highest BCUT2D eigenvalue weighted by Crippen LogP contribution is 2.17. The number of benzene rings is 2. The number of anilines is 1. The van der Waals surface area contributed by atoms with Crippen LogP contribution in [0.25, 0.3) is 11.0 Å². The van der Waals surface area contributed by atoms with Gasteiger partial charge in [-0.3, -0.25) is 0 Å². The maximum Gasteiger partial charge on any atom is 0.319 e. The van der Waals surface area contributed by atoms with Gasteiger partial charge in [0.25, 0.3) is 0 Å². The minimum atomic E-state index is -0.237. The number of nitrogens with zero attached hydrogens (tertiary/aromatic N) is 1. The lowest BCUT2D eigenvalue weighted by molar-refractivity contribution is 0.252. The van der Waals surface area contributed by atoms with E-state index in [9.17, 15) is 4.79 Å². The van der Waals surface area contributed by atoms with E-state index < -0.39 is 0 Å². The van der Waals surface area contributed by atoms with Crippen LogP contribution in [0.5, 0.6) is 5.75 Å². The summed E-state index contributed by atoms with van der Waals surface area (Å²) in [7, 11) is 1.64. The van der Waals surface area contributed by atoms with Gasteiger partial charge in [-0.05, 0) is 36.2 Å². The first-order valence-corrected chi connectivity index (χ1v) is 7.36. The number of hydrogen-bond acceptors (Lipinski definition) is 3.